The lowest BCUT2D eigenvalue weighted by atomic mass is 9.97. The van der Waals surface area contributed by atoms with Crippen LogP contribution in [0.2, 0.25) is 0 Å². The van der Waals surface area contributed by atoms with Gasteiger partial charge in [-0.25, -0.2) is 0 Å². The van der Waals surface area contributed by atoms with Gasteiger partial charge in [0.15, 0.2) is 0 Å². The zero-order valence-corrected chi connectivity index (χ0v) is 14.9. The summed E-state index contributed by atoms with van der Waals surface area (Å²) in [4.78, 5) is 39.5. The average molecular weight is 343 g/mol. The van der Waals surface area contributed by atoms with Crippen molar-refractivity contribution >= 4 is 17.7 Å². The van der Waals surface area contributed by atoms with Crippen molar-refractivity contribution in [3.63, 3.8) is 0 Å². The molecule has 2 aliphatic rings. The summed E-state index contributed by atoms with van der Waals surface area (Å²) < 4.78 is 0. The minimum Gasteiger partial charge on any atom is -0.351 e. The Hall–Kier alpha value is -2.21. The predicted molar refractivity (Wildman–Crippen MR) is 94.2 cm³/mol. The number of imide groups is 1. The highest BCUT2D eigenvalue weighted by Gasteiger charge is 2.44. The van der Waals surface area contributed by atoms with Gasteiger partial charge < -0.3 is 10.6 Å². The summed E-state index contributed by atoms with van der Waals surface area (Å²) in [6.45, 7) is 6.66. The molecule has 6 heteroatoms. The maximum Gasteiger partial charge on any atom is 0.262 e. The monoisotopic (exact) mass is 343 g/mol. The maximum atomic E-state index is 12.9. The number of nitrogens with one attached hydrogen (secondary N) is 2. The second-order valence-corrected chi connectivity index (χ2v) is 7.30. The fourth-order valence-electron chi connectivity index (χ4n) is 3.73. The molecule has 25 heavy (non-hydrogen) atoms. The number of benzene rings is 1. The first-order chi connectivity index (χ1) is 11.9. The summed E-state index contributed by atoms with van der Waals surface area (Å²) in [7, 11) is 0. The SMILES string of the molecule is CC1CC(NC(=O)C(C(C)C)N2C(=O)c3ccccc3C2=O)CCN1. The third kappa shape index (κ3) is 3.31. The number of carbonyl (C=O) groups excluding carboxylic acids is 3. The number of nitrogens with zero attached hydrogens (tertiary/aromatic N) is 1. The molecule has 3 amide bonds. The second kappa shape index (κ2) is 6.96. The third-order valence-electron chi connectivity index (χ3n) is 4.97. The van der Waals surface area contributed by atoms with E-state index in [2.05, 4.69) is 17.6 Å². The van der Waals surface area contributed by atoms with Crippen LogP contribution in [0.4, 0.5) is 0 Å². The number of piperidine rings is 1. The van der Waals surface area contributed by atoms with Crippen LogP contribution in [0, 0.1) is 5.92 Å². The van der Waals surface area contributed by atoms with Gasteiger partial charge >= 0.3 is 0 Å². The molecule has 1 fully saturated rings. The fourth-order valence-corrected chi connectivity index (χ4v) is 3.73. The topological polar surface area (TPSA) is 78.5 Å². The fraction of sp³-hybridized carbons (Fsp3) is 0.526. The van der Waals surface area contributed by atoms with Crippen molar-refractivity contribution in [3.05, 3.63) is 35.4 Å². The largest absolute Gasteiger partial charge is 0.351 e. The van der Waals surface area contributed by atoms with Gasteiger partial charge in [-0.2, -0.15) is 0 Å². The molecule has 0 radical (unpaired) electrons. The molecule has 3 rings (SSSR count). The number of rotatable bonds is 4. The van der Waals surface area contributed by atoms with Gasteiger partial charge in [-0.15, -0.1) is 0 Å². The van der Waals surface area contributed by atoms with E-state index in [1.807, 2.05) is 13.8 Å². The molecule has 0 bridgehead atoms. The standard InChI is InChI=1S/C19H25N3O3/c1-11(2)16(17(23)21-13-8-9-20-12(3)10-13)22-18(24)14-6-4-5-7-15(14)19(22)25/h4-7,11-13,16,20H,8-10H2,1-3H3,(H,21,23). The van der Waals surface area contributed by atoms with Crippen LogP contribution in [-0.2, 0) is 4.79 Å². The summed E-state index contributed by atoms with van der Waals surface area (Å²) in [6, 6.07) is 6.36. The lowest BCUT2D eigenvalue weighted by Gasteiger charge is -2.33. The Morgan fingerprint density at radius 3 is 2.32 bits per heavy atom. The summed E-state index contributed by atoms with van der Waals surface area (Å²) in [5, 5.41) is 6.40. The van der Waals surface area contributed by atoms with Gasteiger partial charge in [0.2, 0.25) is 5.91 Å². The molecule has 1 saturated heterocycles. The molecule has 134 valence electrons. The highest BCUT2D eigenvalue weighted by Crippen LogP contribution is 2.27. The van der Waals surface area contributed by atoms with Gasteiger partial charge in [0.05, 0.1) is 11.1 Å². The van der Waals surface area contributed by atoms with Crippen molar-refractivity contribution in [2.45, 2.75) is 51.7 Å². The molecular weight excluding hydrogens is 318 g/mol. The Kier molecular flexibility index (Phi) is 4.90. The molecule has 0 saturated carbocycles. The molecule has 1 aromatic rings. The van der Waals surface area contributed by atoms with Crippen molar-refractivity contribution < 1.29 is 14.4 Å². The zero-order chi connectivity index (χ0) is 18.1. The highest BCUT2D eigenvalue weighted by molar-refractivity contribution is 6.22. The summed E-state index contributed by atoms with van der Waals surface area (Å²) in [5.74, 6) is -1.17. The van der Waals surface area contributed by atoms with Crippen molar-refractivity contribution in [2.75, 3.05) is 6.54 Å². The Labute approximate surface area is 148 Å². The first kappa shape index (κ1) is 17.6. The van der Waals surface area contributed by atoms with Crippen LogP contribution >= 0.6 is 0 Å². The molecule has 0 spiro atoms. The van der Waals surface area contributed by atoms with Crippen LogP contribution in [0.5, 0.6) is 0 Å². The first-order valence-electron chi connectivity index (χ1n) is 8.90. The number of hydrogen-bond donors (Lipinski definition) is 2. The minimum absolute atomic E-state index is 0.0696. The third-order valence-corrected chi connectivity index (χ3v) is 4.97. The van der Waals surface area contributed by atoms with E-state index in [9.17, 15) is 14.4 Å². The molecule has 2 N–H and O–H groups in total. The zero-order valence-electron chi connectivity index (χ0n) is 14.9. The van der Waals surface area contributed by atoms with E-state index in [0.29, 0.717) is 17.2 Å². The number of amides is 3. The van der Waals surface area contributed by atoms with Gasteiger partial charge in [-0.05, 0) is 44.4 Å². The van der Waals surface area contributed by atoms with Crippen LogP contribution in [0.1, 0.15) is 54.3 Å². The first-order valence-corrected chi connectivity index (χ1v) is 8.90. The molecule has 0 aliphatic carbocycles. The van der Waals surface area contributed by atoms with Crippen molar-refractivity contribution in [1.82, 2.24) is 15.5 Å². The Bertz CT molecular complexity index is 666. The molecule has 6 nitrogen and oxygen atoms in total. The van der Waals surface area contributed by atoms with E-state index in [1.165, 1.54) is 0 Å². The minimum atomic E-state index is -0.794. The molecule has 3 atom stereocenters. The molecule has 1 aromatic carbocycles. The van der Waals surface area contributed by atoms with Crippen LogP contribution in [0.3, 0.4) is 0 Å². The Morgan fingerprint density at radius 1 is 1.20 bits per heavy atom. The lowest BCUT2D eigenvalue weighted by Crippen LogP contribution is -2.56. The highest BCUT2D eigenvalue weighted by atomic mass is 16.2. The quantitative estimate of drug-likeness (QED) is 0.814. The predicted octanol–water partition coefficient (Wildman–Crippen LogP) is 1.56. The lowest BCUT2D eigenvalue weighted by molar-refractivity contribution is -0.127. The van der Waals surface area contributed by atoms with Crippen LogP contribution in [0.15, 0.2) is 24.3 Å². The smallest absolute Gasteiger partial charge is 0.262 e. The maximum absolute atomic E-state index is 12.9. The normalized spacial score (nSPS) is 24.4. The van der Waals surface area contributed by atoms with Crippen LogP contribution in [0.25, 0.3) is 0 Å². The Balaban J connectivity index is 1.81. The van der Waals surface area contributed by atoms with Gasteiger partial charge in [-0.3, -0.25) is 19.3 Å². The van der Waals surface area contributed by atoms with Gasteiger partial charge in [0.1, 0.15) is 6.04 Å². The van der Waals surface area contributed by atoms with Gasteiger partial charge in [-0.1, -0.05) is 26.0 Å². The van der Waals surface area contributed by atoms with E-state index in [1.54, 1.807) is 24.3 Å². The average Bonchev–Trinajstić information content (AvgIpc) is 2.80. The molecule has 2 heterocycles. The van der Waals surface area contributed by atoms with Crippen molar-refractivity contribution in [2.24, 2.45) is 5.92 Å². The van der Waals surface area contributed by atoms with E-state index >= 15 is 0 Å². The van der Waals surface area contributed by atoms with E-state index in [0.717, 1.165) is 24.3 Å². The van der Waals surface area contributed by atoms with Crippen LogP contribution < -0.4 is 10.6 Å². The summed E-state index contributed by atoms with van der Waals surface area (Å²) in [5.41, 5.74) is 0.753. The van der Waals surface area contributed by atoms with Gasteiger partial charge in [0, 0.05) is 12.1 Å². The van der Waals surface area contributed by atoms with Crippen LogP contribution in [-0.4, -0.2) is 47.3 Å². The number of fused-ring (bicyclic) bond motifs is 1. The van der Waals surface area contributed by atoms with E-state index < -0.39 is 6.04 Å². The summed E-state index contributed by atoms with van der Waals surface area (Å²) in [6.07, 6.45) is 1.70. The van der Waals surface area contributed by atoms with Gasteiger partial charge in [0.25, 0.3) is 11.8 Å². The molecule has 3 unspecified atom stereocenters. The van der Waals surface area contributed by atoms with Crippen molar-refractivity contribution in [1.29, 1.82) is 0 Å². The van der Waals surface area contributed by atoms with E-state index in [4.69, 9.17) is 0 Å². The number of carbonyl (C=O) groups is 3. The molecule has 0 aromatic heterocycles. The second-order valence-electron chi connectivity index (χ2n) is 7.30. The van der Waals surface area contributed by atoms with Crippen molar-refractivity contribution in [3.8, 4) is 0 Å². The number of hydrogen-bond acceptors (Lipinski definition) is 4. The summed E-state index contributed by atoms with van der Waals surface area (Å²) >= 11 is 0. The molecule has 2 aliphatic heterocycles. The molecular formula is C19H25N3O3. The van der Waals surface area contributed by atoms with E-state index in [-0.39, 0.29) is 29.7 Å². The Morgan fingerprint density at radius 2 is 1.80 bits per heavy atom.